The maximum absolute atomic E-state index is 12.6. The van der Waals surface area contributed by atoms with Crippen molar-refractivity contribution in [1.29, 1.82) is 0 Å². The van der Waals surface area contributed by atoms with Gasteiger partial charge in [0.25, 0.3) is 21.5 Å². The van der Waals surface area contributed by atoms with Crippen molar-refractivity contribution in [3.8, 4) is 11.6 Å². The van der Waals surface area contributed by atoms with Gasteiger partial charge in [0, 0.05) is 17.3 Å². The molecule has 0 aliphatic heterocycles. The van der Waals surface area contributed by atoms with Crippen LogP contribution in [0.3, 0.4) is 0 Å². The summed E-state index contributed by atoms with van der Waals surface area (Å²) in [5, 5.41) is 6.49. The molecule has 0 aliphatic carbocycles. The Bertz CT molecular complexity index is 1590. The fraction of sp³-hybridized carbons (Fsp3) is 0.0455. The minimum absolute atomic E-state index is 0.0396. The lowest BCUT2D eigenvalue weighted by Crippen LogP contribution is -2.21. The second-order valence-electron chi connectivity index (χ2n) is 7.10. The number of carbonyl (C=O) groups excluding carboxylic acids is 1. The standard InChI is InChI=1S/C22H16Cl2N6O5S/c1-35-19-10-18(25-12-26-19)29-36(33,34)16-8-4-14(5-9-16)28-21(31)13-2-6-15(7-3-13)30-22(32)20(24)17(23)11-27-30/h2-12H,1H3,(H,28,31)(H,25,26,29). The highest BCUT2D eigenvalue weighted by molar-refractivity contribution is 7.92. The van der Waals surface area contributed by atoms with E-state index in [2.05, 4.69) is 25.1 Å². The van der Waals surface area contributed by atoms with Crippen LogP contribution in [0.25, 0.3) is 5.69 Å². The fourth-order valence-electron chi connectivity index (χ4n) is 2.97. The van der Waals surface area contributed by atoms with Gasteiger partial charge in [0.1, 0.15) is 17.2 Å². The van der Waals surface area contributed by atoms with Gasteiger partial charge in [-0.15, -0.1) is 0 Å². The summed E-state index contributed by atoms with van der Waals surface area (Å²) in [6.07, 6.45) is 2.41. The normalized spacial score (nSPS) is 11.1. The van der Waals surface area contributed by atoms with Crippen LogP contribution in [0.2, 0.25) is 10.0 Å². The zero-order valence-electron chi connectivity index (χ0n) is 18.3. The molecule has 36 heavy (non-hydrogen) atoms. The smallest absolute Gasteiger partial charge is 0.291 e. The average Bonchev–Trinajstić information content (AvgIpc) is 2.88. The summed E-state index contributed by atoms with van der Waals surface area (Å²) in [7, 11) is -2.54. The van der Waals surface area contributed by atoms with Gasteiger partial charge in [0.05, 0.1) is 28.9 Å². The summed E-state index contributed by atoms with van der Waals surface area (Å²) in [5.74, 6) is -0.201. The minimum atomic E-state index is -3.94. The first-order valence-electron chi connectivity index (χ1n) is 10.0. The van der Waals surface area contributed by atoms with Crippen LogP contribution in [0.5, 0.6) is 5.88 Å². The first kappa shape index (κ1) is 25.1. The maximum Gasteiger partial charge on any atom is 0.291 e. The zero-order chi connectivity index (χ0) is 25.9. The van der Waals surface area contributed by atoms with Gasteiger partial charge in [-0.1, -0.05) is 23.2 Å². The van der Waals surface area contributed by atoms with E-state index in [9.17, 15) is 18.0 Å². The molecule has 0 saturated heterocycles. The van der Waals surface area contributed by atoms with Crippen molar-refractivity contribution in [1.82, 2.24) is 19.7 Å². The molecule has 0 atom stereocenters. The van der Waals surface area contributed by atoms with Crippen LogP contribution in [-0.4, -0.2) is 41.2 Å². The number of hydrogen-bond donors (Lipinski definition) is 2. The molecule has 0 fully saturated rings. The molecule has 1 amide bonds. The third kappa shape index (κ3) is 5.46. The number of rotatable bonds is 7. The number of amides is 1. The minimum Gasteiger partial charge on any atom is -0.481 e. The predicted molar refractivity (Wildman–Crippen MR) is 134 cm³/mol. The van der Waals surface area contributed by atoms with Crippen molar-refractivity contribution < 1.29 is 17.9 Å². The monoisotopic (exact) mass is 546 g/mol. The average molecular weight is 547 g/mol. The van der Waals surface area contributed by atoms with E-state index in [0.29, 0.717) is 16.9 Å². The highest BCUT2D eigenvalue weighted by Gasteiger charge is 2.16. The molecule has 0 bridgehead atoms. The molecule has 2 N–H and O–H groups in total. The fourth-order valence-corrected chi connectivity index (χ4v) is 4.23. The number of anilines is 2. The van der Waals surface area contributed by atoms with Crippen LogP contribution >= 0.6 is 23.2 Å². The summed E-state index contributed by atoms with van der Waals surface area (Å²) in [4.78, 5) is 32.5. The van der Waals surface area contributed by atoms with E-state index >= 15 is 0 Å². The van der Waals surface area contributed by atoms with Crippen molar-refractivity contribution in [2.24, 2.45) is 0 Å². The molecule has 4 aromatic rings. The van der Waals surface area contributed by atoms with Crippen LogP contribution in [0.4, 0.5) is 11.5 Å². The van der Waals surface area contributed by atoms with Gasteiger partial charge in [-0.2, -0.15) is 9.78 Å². The van der Waals surface area contributed by atoms with Crippen LogP contribution in [0.15, 0.2) is 76.8 Å². The van der Waals surface area contributed by atoms with Gasteiger partial charge in [0.2, 0.25) is 5.88 Å². The van der Waals surface area contributed by atoms with Gasteiger partial charge in [-0.05, 0) is 48.5 Å². The Balaban J connectivity index is 1.45. The Morgan fingerprint density at radius 2 is 1.72 bits per heavy atom. The van der Waals surface area contributed by atoms with Crippen molar-refractivity contribution in [3.05, 3.63) is 93.1 Å². The lowest BCUT2D eigenvalue weighted by molar-refractivity contribution is 0.102. The SMILES string of the molecule is COc1cc(NS(=O)(=O)c2ccc(NC(=O)c3ccc(-n4ncc(Cl)c(Cl)c4=O)cc3)cc2)ncn1. The molecule has 0 radical (unpaired) electrons. The summed E-state index contributed by atoms with van der Waals surface area (Å²) < 4.78 is 33.6. The lowest BCUT2D eigenvalue weighted by atomic mass is 10.2. The molecule has 2 heterocycles. The van der Waals surface area contributed by atoms with E-state index in [0.717, 1.165) is 4.68 Å². The zero-order valence-corrected chi connectivity index (χ0v) is 20.7. The van der Waals surface area contributed by atoms with Crippen molar-refractivity contribution in [2.45, 2.75) is 4.90 Å². The first-order chi connectivity index (χ1) is 17.2. The number of benzene rings is 2. The molecule has 184 valence electrons. The summed E-state index contributed by atoms with van der Waals surface area (Å²) in [5.41, 5.74) is 0.459. The molecule has 0 unspecified atom stereocenters. The van der Waals surface area contributed by atoms with E-state index in [1.807, 2.05) is 0 Å². The lowest BCUT2D eigenvalue weighted by Gasteiger charge is -2.10. The third-order valence-electron chi connectivity index (χ3n) is 4.76. The van der Waals surface area contributed by atoms with Gasteiger partial charge in [-0.3, -0.25) is 14.3 Å². The Hall–Kier alpha value is -4.00. The van der Waals surface area contributed by atoms with E-state index in [4.69, 9.17) is 27.9 Å². The molecule has 14 heteroatoms. The van der Waals surface area contributed by atoms with Crippen LogP contribution in [0, 0.1) is 0 Å². The van der Waals surface area contributed by atoms with E-state index in [1.54, 1.807) is 0 Å². The summed E-state index contributed by atoms with van der Waals surface area (Å²) in [6, 6.07) is 12.9. The predicted octanol–water partition coefficient (Wildman–Crippen LogP) is 3.39. The molecule has 4 rings (SSSR count). The molecule has 11 nitrogen and oxygen atoms in total. The van der Waals surface area contributed by atoms with E-state index in [-0.39, 0.29) is 26.6 Å². The molecule has 2 aromatic heterocycles. The second kappa shape index (κ2) is 10.3. The molecule has 0 aliphatic rings. The number of sulfonamides is 1. The molecular formula is C22H16Cl2N6O5S. The maximum atomic E-state index is 12.6. The summed E-state index contributed by atoms with van der Waals surface area (Å²) >= 11 is 11.7. The molecular weight excluding hydrogens is 531 g/mol. The number of aromatic nitrogens is 4. The highest BCUT2D eigenvalue weighted by atomic mass is 35.5. The van der Waals surface area contributed by atoms with Crippen molar-refractivity contribution in [2.75, 3.05) is 17.1 Å². The van der Waals surface area contributed by atoms with Gasteiger partial charge in [0.15, 0.2) is 0 Å². The van der Waals surface area contributed by atoms with Crippen LogP contribution < -0.4 is 20.3 Å². The van der Waals surface area contributed by atoms with Gasteiger partial charge < -0.3 is 10.1 Å². The Kier molecular flexibility index (Phi) is 7.20. The quantitative estimate of drug-likeness (QED) is 0.358. The molecule has 0 spiro atoms. The molecule has 0 saturated carbocycles. The Morgan fingerprint density at radius 3 is 2.39 bits per heavy atom. The van der Waals surface area contributed by atoms with Crippen LogP contribution in [0.1, 0.15) is 10.4 Å². The largest absolute Gasteiger partial charge is 0.481 e. The topological polar surface area (TPSA) is 145 Å². The van der Waals surface area contributed by atoms with Gasteiger partial charge >= 0.3 is 0 Å². The first-order valence-corrected chi connectivity index (χ1v) is 12.3. The second-order valence-corrected chi connectivity index (χ2v) is 9.57. The number of hydrogen-bond acceptors (Lipinski definition) is 8. The number of methoxy groups -OCH3 is 1. The van der Waals surface area contributed by atoms with Crippen molar-refractivity contribution >= 4 is 50.6 Å². The number of halogens is 2. The Labute approximate surface area is 214 Å². The summed E-state index contributed by atoms with van der Waals surface area (Å²) in [6.45, 7) is 0. The highest BCUT2D eigenvalue weighted by Crippen LogP contribution is 2.20. The Morgan fingerprint density at radius 1 is 1.03 bits per heavy atom. The number of nitrogens with one attached hydrogen (secondary N) is 2. The van der Waals surface area contributed by atoms with Crippen molar-refractivity contribution in [3.63, 3.8) is 0 Å². The van der Waals surface area contributed by atoms with Crippen LogP contribution in [-0.2, 0) is 10.0 Å². The third-order valence-corrected chi connectivity index (χ3v) is 6.88. The van der Waals surface area contributed by atoms with E-state index < -0.39 is 21.5 Å². The number of nitrogens with zero attached hydrogens (tertiary/aromatic N) is 4. The van der Waals surface area contributed by atoms with Gasteiger partial charge in [-0.25, -0.2) is 18.4 Å². The number of ether oxygens (including phenoxy) is 1. The molecule has 2 aromatic carbocycles. The number of carbonyl (C=O) groups is 1. The van der Waals surface area contributed by atoms with E-state index in [1.165, 1.54) is 74.2 Å².